The molecule has 2 atom stereocenters. The van der Waals surface area contributed by atoms with E-state index >= 15 is 0 Å². The van der Waals surface area contributed by atoms with Gasteiger partial charge in [0, 0.05) is 81.8 Å². The molecule has 6 heterocycles. The first-order valence-corrected chi connectivity index (χ1v) is 21.1. The lowest BCUT2D eigenvalue weighted by Gasteiger charge is -2.40. The van der Waals surface area contributed by atoms with Crippen molar-refractivity contribution in [1.29, 1.82) is 5.26 Å². The number of halogens is 1. The molecule has 6 aliphatic heterocycles. The SMILES string of the molecule is C[C@H]1CC2(CCN(c3ccc(C(=O)N4CCC(CN5CCc6cc7c(cc6C5)C(=O)N(C5CCC(=O)NC5=O)C7=O)CC4)cc3)CC2)CN1c1ccc(C#N)c(Cl)c1. The van der Waals surface area contributed by atoms with Gasteiger partial charge in [-0.3, -0.25) is 39.1 Å². The number of likely N-dealkylation sites (tertiary alicyclic amines) is 1. The normalized spacial score (nSPS) is 23.6. The number of anilines is 2. The summed E-state index contributed by atoms with van der Waals surface area (Å²) in [4.78, 5) is 74.8. The molecule has 0 aliphatic carbocycles. The van der Waals surface area contributed by atoms with E-state index in [9.17, 15) is 29.2 Å². The Morgan fingerprint density at radius 1 is 0.862 bits per heavy atom. The minimum Gasteiger partial charge on any atom is -0.371 e. The smallest absolute Gasteiger partial charge is 0.262 e. The molecule has 0 saturated carbocycles. The fraction of sp³-hybridized carbons (Fsp3) is 0.467. The zero-order valence-electron chi connectivity index (χ0n) is 32.8. The molecule has 1 N–H and O–H groups in total. The molecule has 12 nitrogen and oxygen atoms in total. The summed E-state index contributed by atoms with van der Waals surface area (Å²) >= 11 is 6.38. The number of imide groups is 2. The lowest BCUT2D eigenvalue weighted by atomic mass is 9.76. The number of fused-ring (bicyclic) bond motifs is 2. The van der Waals surface area contributed by atoms with Gasteiger partial charge < -0.3 is 14.7 Å². The number of benzene rings is 3. The van der Waals surface area contributed by atoms with E-state index in [0.717, 1.165) is 104 Å². The van der Waals surface area contributed by atoms with Crippen LogP contribution in [0.1, 0.15) is 99.6 Å². The van der Waals surface area contributed by atoms with Crippen LogP contribution in [0.2, 0.25) is 5.02 Å². The Bertz CT molecular complexity index is 2240. The number of nitriles is 1. The van der Waals surface area contributed by atoms with Gasteiger partial charge in [-0.25, -0.2) is 0 Å². The van der Waals surface area contributed by atoms with Crippen molar-refractivity contribution in [2.75, 3.05) is 55.6 Å². The fourth-order valence-electron chi connectivity index (χ4n) is 10.5. The Morgan fingerprint density at radius 3 is 2.22 bits per heavy atom. The molecular formula is C45H48ClN7O5. The molecule has 3 aromatic carbocycles. The van der Waals surface area contributed by atoms with Gasteiger partial charge in [0.25, 0.3) is 17.7 Å². The van der Waals surface area contributed by atoms with Gasteiger partial charge in [0.05, 0.1) is 21.7 Å². The van der Waals surface area contributed by atoms with Crippen LogP contribution in [-0.4, -0.2) is 102 Å². The molecule has 0 aromatic heterocycles. The Balaban J connectivity index is 0.750. The molecule has 1 spiro atoms. The van der Waals surface area contributed by atoms with Crippen molar-refractivity contribution in [1.82, 2.24) is 20.0 Å². The summed E-state index contributed by atoms with van der Waals surface area (Å²) in [5, 5.41) is 12.0. The lowest BCUT2D eigenvalue weighted by Crippen LogP contribution is -2.54. The summed E-state index contributed by atoms with van der Waals surface area (Å²) in [6.45, 7) is 9.08. The summed E-state index contributed by atoms with van der Waals surface area (Å²) in [7, 11) is 0. The largest absolute Gasteiger partial charge is 0.371 e. The van der Waals surface area contributed by atoms with Crippen molar-refractivity contribution < 1.29 is 24.0 Å². The van der Waals surface area contributed by atoms with Crippen molar-refractivity contribution in [2.24, 2.45) is 11.3 Å². The third-order valence-electron chi connectivity index (χ3n) is 13.7. The molecule has 58 heavy (non-hydrogen) atoms. The minimum absolute atomic E-state index is 0.0804. The van der Waals surface area contributed by atoms with E-state index in [0.29, 0.717) is 53.3 Å². The Morgan fingerprint density at radius 2 is 1.55 bits per heavy atom. The number of hydrogen-bond donors (Lipinski definition) is 1. The highest BCUT2D eigenvalue weighted by molar-refractivity contribution is 6.32. The van der Waals surface area contributed by atoms with Gasteiger partial charge in [-0.2, -0.15) is 5.26 Å². The number of carbonyl (C=O) groups excluding carboxylic acids is 5. The third-order valence-corrected chi connectivity index (χ3v) is 14.1. The van der Waals surface area contributed by atoms with E-state index in [1.54, 1.807) is 0 Å². The second-order valence-corrected chi connectivity index (χ2v) is 17.7. The lowest BCUT2D eigenvalue weighted by molar-refractivity contribution is -0.136. The molecule has 5 amide bonds. The molecular weight excluding hydrogens is 754 g/mol. The molecule has 4 saturated heterocycles. The van der Waals surface area contributed by atoms with E-state index in [4.69, 9.17) is 11.6 Å². The van der Waals surface area contributed by atoms with Crippen molar-refractivity contribution in [3.63, 3.8) is 0 Å². The number of carbonyl (C=O) groups is 5. The minimum atomic E-state index is -0.970. The molecule has 0 radical (unpaired) electrons. The number of hydrogen-bond acceptors (Lipinski definition) is 9. The Hall–Kier alpha value is -5.25. The van der Waals surface area contributed by atoms with Crippen LogP contribution in [0, 0.1) is 22.7 Å². The van der Waals surface area contributed by atoms with Crippen LogP contribution >= 0.6 is 11.6 Å². The predicted octanol–water partition coefficient (Wildman–Crippen LogP) is 5.41. The predicted molar refractivity (Wildman–Crippen MR) is 219 cm³/mol. The van der Waals surface area contributed by atoms with E-state index in [1.165, 1.54) is 0 Å². The molecule has 13 heteroatoms. The summed E-state index contributed by atoms with van der Waals surface area (Å²) in [6.07, 6.45) is 6.19. The summed E-state index contributed by atoms with van der Waals surface area (Å²) < 4.78 is 0. The van der Waals surface area contributed by atoms with E-state index < -0.39 is 23.8 Å². The highest BCUT2D eigenvalue weighted by atomic mass is 35.5. The van der Waals surface area contributed by atoms with Crippen molar-refractivity contribution >= 4 is 52.5 Å². The highest BCUT2D eigenvalue weighted by Gasteiger charge is 2.46. The van der Waals surface area contributed by atoms with Gasteiger partial charge in [0.1, 0.15) is 12.1 Å². The Labute approximate surface area is 343 Å². The van der Waals surface area contributed by atoms with Crippen LogP contribution in [0.5, 0.6) is 0 Å². The summed E-state index contributed by atoms with van der Waals surface area (Å²) in [6, 6.07) is 19.2. The first kappa shape index (κ1) is 38.3. The monoisotopic (exact) mass is 801 g/mol. The maximum absolute atomic E-state index is 13.6. The molecule has 9 rings (SSSR count). The van der Waals surface area contributed by atoms with Gasteiger partial charge in [0.2, 0.25) is 11.8 Å². The van der Waals surface area contributed by atoms with Gasteiger partial charge in [-0.15, -0.1) is 0 Å². The fourth-order valence-corrected chi connectivity index (χ4v) is 10.7. The second kappa shape index (κ2) is 15.2. The van der Waals surface area contributed by atoms with Gasteiger partial charge in [-0.05, 0) is 129 Å². The van der Waals surface area contributed by atoms with Crippen molar-refractivity contribution in [3.8, 4) is 6.07 Å². The van der Waals surface area contributed by atoms with Crippen molar-refractivity contribution in [3.05, 3.63) is 93.0 Å². The van der Waals surface area contributed by atoms with Gasteiger partial charge >= 0.3 is 0 Å². The average Bonchev–Trinajstić information content (AvgIpc) is 3.67. The molecule has 3 aromatic rings. The zero-order valence-corrected chi connectivity index (χ0v) is 33.6. The second-order valence-electron chi connectivity index (χ2n) is 17.3. The van der Waals surface area contributed by atoms with E-state index in [2.05, 4.69) is 45.1 Å². The standard InChI is InChI=1S/C45H48ClN7O5/c1-28-23-45(27-52(28)35-7-4-32(24-47)38(46)22-35)13-18-50(19-14-45)34-5-2-30(3-6-34)42(56)51-16-10-29(11-17-51)25-49-15-12-31-20-36-37(21-33(31)26-49)44(58)53(43(36)57)39-8-9-40(54)48-41(39)55/h2-7,20-22,28-29,39H,8-19,23,25-27H2,1H3,(H,48,54,55)/t28-,39?/m0/s1. The third kappa shape index (κ3) is 7.02. The van der Waals surface area contributed by atoms with Crippen LogP contribution in [0.25, 0.3) is 0 Å². The first-order valence-electron chi connectivity index (χ1n) is 20.7. The molecule has 0 bridgehead atoms. The van der Waals surface area contributed by atoms with Gasteiger partial charge in [0.15, 0.2) is 0 Å². The number of amides is 5. The van der Waals surface area contributed by atoms with Crippen LogP contribution in [0.15, 0.2) is 54.6 Å². The van der Waals surface area contributed by atoms with E-state index in [-0.39, 0.29) is 30.1 Å². The molecule has 4 fully saturated rings. The van der Waals surface area contributed by atoms with Crippen LogP contribution < -0.4 is 15.1 Å². The van der Waals surface area contributed by atoms with Crippen LogP contribution in [0.3, 0.4) is 0 Å². The van der Waals surface area contributed by atoms with Crippen LogP contribution in [0.4, 0.5) is 11.4 Å². The number of nitrogens with one attached hydrogen (secondary N) is 1. The summed E-state index contributed by atoms with van der Waals surface area (Å²) in [5.74, 6) is -1.40. The quantitative estimate of drug-likeness (QED) is 0.325. The molecule has 1 unspecified atom stereocenters. The zero-order chi connectivity index (χ0) is 40.3. The maximum atomic E-state index is 13.6. The Kier molecular flexibility index (Phi) is 10.0. The average molecular weight is 802 g/mol. The maximum Gasteiger partial charge on any atom is 0.262 e. The topological polar surface area (TPSA) is 137 Å². The van der Waals surface area contributed by atoms with Crippen LogP contribution in [-0.2, 0) is 22.6 Å². The number of piperidine rings is 3. The summed E-state index contributed by atoms with van der Waals surface area (Å²) in [5.41, 5.74) is 6.48. The number of nitrogens with zero attached hydrogens (tertiary/aromatic N) is 6. The van der Waals surface area contributed by atoms with Gasteiger partial charge in [-0.1, -0.05) is 11.6 Å². The van der Waals surface area contributed by atoms with Crippen molar-refractivity contribution in [2.45, 2.75) is 76.9 Å². The molecule has 300 valence electrons. The first-order chi connectivity index (χ1) is 28.0. The highest BCUT2D eigenvalue weighted by Crippen LogP contribution is 2.46. The molecule has 6 aliphatic rings. The van der Waals surface area contributed by atoms with E-state index in [1.807, 2.05) is 47.4 Å². The number of rotatable bonds is 6.